The maximum atomic E-state index is 4.18. The molecular formula is C13H17N3. The molecule has 0 spiro atoms. The number of para-hydroxylation sites is 1. The van der Waals surface area contributed by atoms with Crippen LogP contribution in [-0.2, 0) is 13.0 Å². The van der Waals surface area contributed by atoms with E-state index < -0.39 is 0 Å². The van der Waals surface area contributed by atoms with Gasteiger partial charge in [0, 0.05) is 5.69 Å². The molecule has 2 N–H and O–H groups in total. The van der Waals surface area contributed by atoms with Crippen molar-refractivity contribution in [2.24, 2.45) is 0 Å². The van der Waals surface area contributed by atoms with Crippen molar-refractivity contribution in [1.29, 1.82) is 0 Å². The van der Waals surface area contributed by atoms with Crippen molar-refractivity contribution in [1.82, 2.24) is 9.97 Å². The topological polar surface area (TPSA) is 40.7 Å². The van der Waals surface area contributed by atoms with Crippen LogP contribution in [0.15, 0.2) is 30.5 Å². The molecule has 0 radical (unpaired) electrons. The number of hydrogen-bond acceptors (Lipinski definition) is 2. The van der Waals surface area contributed by atoms with Gasteiger partial charge >= 0.3 is 0 Å². The summed E-state index contributed by atoms with van der Waals surface area (Å²) >= 11 is 0. The maximum absolute atomic E-state index is 4.18. The zero-order chi connectivity index (χ0) is 11.4. The van der Waals surface area contributed by atoms with Crippen LogP contribution in [0.2, 0.25) is 0 Å². The Hall–Kier alpha value is -1.77. The zero-order valence-electron chi connectivity index (χ0n) is 9.75. The summed E-state index contributed by atoms with van der Waals surface area (Å²) in [6.45, 7) is 4.92. The van der Waals surface area contributed by atoms with Gasteiger partial charge in [-0.2, -0.15) is 0 Å². The third-order valence-electron chi connectivity index (χ3n) is 2.62. The van der Waals surface area contributed by atoms with Crippen LogP contribution >= 0.6 is 0 Å². The predicted octanol–water partition coefficient (Wildman–Crippen LogP) is 2.89. The molecule has 3 heteroatoms. The molecule has 0 unspecified atom stereocenters. The van der Waals surface area contributed by atoms with Crippen LogP contribution < -0.4 is 5.32 Å². The van der Waals surface area contributed by atoms with Crippen LogP contribution in [0.3, 0.4) is 0 Å². The first-order valence-corrected chi connectivity index (χ1v) is 5.62. The first-order valence-electron chi connectivity index (χ1n) is 5.62. The van der Waals surface area contributed by atoms with Crippen molar-refractivity contribution in [3.63, 3.8) is 0 Å². The molecule has 0 bridgehead atoms. The molecule has 0 saturated heterocycles. The van der Waals surface area contributed by atoms with Gasteiger partial charge in [-0.15, -0.1) is 0 Å². The average molecular weight is 215 g/mol. The number of H-pyrrole nitrogens is 1. The van der Waals surface area contributed by atoms with Crippen LogP contribution in [0, 0.1) is 6.92 Å². The van der Waals surface area contributed by atoms with E-state index in [1.165, 1.54) is 11.3 Å². The number of nitrogens with one attached hydrogen (secondary N) is 2. The number of aromatic nitrogens is 2. The van der Waals surface area contributed by atoms with Gasteiger partial charge in [0.2, 0.25) is 0 Å². The smallest absolute Gasteiger partial charge is 0.103 e. The molecule has 16 heavy (non-hydrogen) atoms. The first-order chi connectivity index (χ1) is 7.79. The molecule has 0 saturated carbocycles. The normalized spacial score (nSPS) is 10.4. The minimum absolute atomic E-state index is 0.790. The van der Waals surface area contributed by atoms with Crippen LogP contribution in [0.25, 0.3) is 0 Å². The van der Waals surface area contributed by atoms with Gasteiger partial charge in [0.25, 0.3) is 0 Å². The van der Waals surface area contributed by atoms with E-state index in [0.29, 0.717) is 0 Å². The summed E-state index contributed by atoms with van der Waals surface area (Å²) in [5.74, 6) is 0.959. The van der Waals surface area contributed by atoms with Gasteiger partial charge in [-0.25, -0.2) is 4.98 Å². The number of rotatable bonds is 4. The lowest BCUT2D eigenvalue weighted by molar-refractivity contribution is 1.03. The highest BCUT2D eigenvalue weighted by molar-refractivity contribution is 5.51. The second-order valence-electron chi connectivity index (χ2n) is 3.86. The molecule has 3 nitrogen and oxygen atoms in total. The largest absolute Gasteiger partial charge is 0.379 e. The van der Waals surface area contributed by atoms with Crippen LogP contribution in [0.1, 0.15) is 24.0 Å². The third-order valence-corrected chi connectivity index (χ3v) is 2.62. The van der Waals surface area contributed by atoms with E-state index in [1.807, 2.05) is 13.1 Å². The Morgan fingerprint density at radius 2 is 2.12 bits per heavy atom. The summed E-state index contributed by atoms with van der Waals surface area (Å²) in [4.78, 5) is 7.39. The molecular weight excluding hydrogens is 198 g/mol. The Morgan fingerprint density at radius 3 is 2.81 bits per heavy atom. The Balaban J connectivity index is 2.04. The Morgan fingerprint density at radius 1 is 1.31 bits per heavy atom. The number of benzene rings is 1. The number of aromatic amines is 1. The predicted molar refractivity (Wildman–Crippen MR) is 66.5 cm³/mol. The van der Waals surface area contributed by atoms with E-state index in [-0.39, 0.29) is 0 Å². The third kappa shape index (κ3) is 2.42. The molecule has 2 rings (SSSR count). The minimum atomic E-state index is 0.790. The number of imidazole rings is 1. The molecule has 0 aliphatic rings. The van der Waals surface area contributed by atoms with Crippen molar-refractivity contribution < 1.29 is 0 Å². The molecule has 0 aliphatic heterocycles. The zero-order valence-corrected chi connectivity index (χ0v) is 9.75. The molecule has 2 aromatic rings. The quantitative estimate of drug-likeness (QED) is 0.823. The van der Waals surface area contributed by atoms with Gasteiger partial charge in [0.1, 0.15) is 5.82 Å². The lowest BCUT2D eigenvalue weighted by Gasteiger charge is -2.09. The molecule has 1 heterocycles. The lowest BCUT2D eigenvalue weighted by Crippen LogP contribution is -2.02. The summed E-state index contributed by atoms with van der Waals surface area (Å²) in [5, 5.41) is 3.42. The fraction of sp³-hybridized carbons (Fsp3) is 0.308. The second kappa shape index (κ2) is 4.84. The summed E-state index contributed by atoms with van der Waals surface area (Å²) < 4.78 is 0. The fourth-order valence-electron chi connectivity index (χ4n) is 1.75. The van der Waals surface area contributed by atoms with Crippen molar-refractivity contribution >= 4 is 5.69 Å². The summed E-state index contributed by atoms with van der Waals surface area (Å²) in [7, 11) is 0. The number of hydrogen-bond donors (Lipinski definition) is 2. The molecule has 1 aromatic heterocycles. The van der Waals surface area contributed by atoms with Crippen molar-refractivity contribution in [2.45, 2.75) is 26.8 Å². The van der Waals surface area contributed by atoms with E-state index in [1.54, 1.807) is 0 Å². The Kier molecular flexibility index (Phi) is 3.25. The van der Waals surface area contributed by atoms with Crippen LogP contribution in [-0.4, -0.2) is 9.97 Å². The van der Waals surface area contributed by atoms with Crippen LogP contribution in [0.5, 0.6) is 0 Å². The molecule has 84 valence electrons. The molecule has 0 atom stereocenters. The molecule has 1 aromatic carbocycles. The van der Waals surface area contributed by atoms with E-state index in [2.05, 4.69) is 46.5 Å². The van der Waals surface area contributed by atoms with Crippen molar-refractivity contribution in [2.75, 3.05) is 5.32 Å². The lowest BCUT2D eigenvalue weighted by atomic mass is 10.1. The van der Waals surface area contributed by atoms with Crippen molar-refractivity contribution in [3.05, 3.63) is 47.5 Å². The highest BCUT2D eigenvalue weighted by atomic mass is 15.0. The molecule has 0 fully saturated rings. The van der Waals surface area contributed by atoms with Gasteiger partial charge in [-0.05, 0) is 25.0 Å². The van der Waals surface area contributed by atoms with Gasteiger partial charge in [0.05, 0.1) is 18.4 Å². The average Bonchev–Trinajstić information content (AvgIpc) is 2.73. The van der Waals surface area contributed by atoms with E-state index in [9.17, 15) is 0 Å². The van der Waals surface area contributed by atoms with Gasteiger partial charge in [-0.1, -0.05) is 25.1 Å². The standard InChI is InChI=1S/C13H17N3/c1-3-11-6-4-5-7-13(11)15-9-12-8-14-10(2)16-12/h4-8,15H,3,9H2,1-2H3,(H,14,16). The molecule has 0 aliphatic carbocycles. The van der Waals surface area contributed by atoms with Gasteiger partial charge in [0.15, 0.2) is 0 Å². The summed E-state index contributed by atoms with van der Waals surface area (Å²) in [5.41, 5.74) is 3.67. The fourth-order valence-corrected chi connectivity index (χ4v) is 1.75. The number of aryl methyl sites for hydroxylation is 2. The highest BCUT2D eigenvalue weighted by Crippen LogP contribution is 2.16. The highest BCUT2D eigenvalue weighted by Gasteiger charge is 2.00. The molecule has 0 amide bonds. The monoisotopic (exact) mass is 215 g/mol. The van der Waals surface area contributed by atoms with E-state index >= 15 is 0 Å². The Bertz CT molecular complexity index is 460. The van der Waals surface area contributed by atoms with Crippen molar-refractivity contribution in [3.8, 4) is 0 Å². The number of anilines is 1. The number of nitrogens with zero attached hydrogens (tertiary/aromatic N) is 1. The van der Waals surface area contributed by atoms with Crippen LogP contribution in [0.4, 0.5) is 5.69 Å². The SMILES string of the molecule is CCc1ccccc1NCc1cnc(C)[nH]1. The maximum Gasteiger partial charge on any atom is 0.103 e. The van der Waals surface area contributed by atoms with Gasteiger partial charge in [-0.3, -0.25) is 0 Å². The Labute approximate surface area is 95.9 Å². The van der Waals surface area contributed by atoms with E-state index in [4.69, 9.17) is 0 Å². The second-order valence-corrected chi connectivity index (χ2v) is 3.86. The van der Waals surface area contributed by atoms with E-state index in [0.717, 1.165) is 24.5 Å². The first kappa shape index (κ1) is 10.7. The van der Waals surface area contributed by atoms with Gasteiger partial charge < -0.3 is 10.3 Å². The minimum Gasteiger partial charge on any atom is -0.379 e. The summed E-state index contributed by atoms with van der Waals surface area (Å²) in [6.07, 6.45) is 2.92. The summed E-state index contributed by atoms with van der Waals surface area (Å²) in [6, 6.07) is 8.40.